The molecule has 0 spiro atoms. The lowest BCUT2D eigenvalue weighted by Crippen LogP contribution is -2.49. The van der Waals surface area contributed by atoms with Crippen LogP contribution in [-0.4, -0.2) is 28.1 Å². The van der Waals surface area contributed by atoms with Crippen molar-refractivity contribution >= 4 is 29.0 Å². The highest BCUT2D eigenvalue weighted by molar-refractivity contribution is 6.05. The summed E-state index contributed by atoms with van der Waals surface area (Å²) in [6, 6.07) is 4.81. The fourth-order valence-corrected chi connectivity index (χ4v) is 1.91. The largest absolute Gasteiger partial charge is 0.399 e. The number of carbonyl (C=O) groups excluding carboxylic acids is 2. The molecule has 0 atom stereocenters. The molecule has 7 nitrogen and oxygen atoms in total. The number of nitrogen functional groups attached to an aromatic ring is 1. The first-order valence-electron chi connectivity index (χ1n) is 5.50. The van der Waals surface area contributed by atoms with Gasteiger partial charge in [-0.1, -0.05) is 0 Å². The van der Waals surface area contributed by atoms with Gasteiger partial charge in [0.15, 0.2) is 5.82 Å². The number of anilines is 2. The Bertz CT molecular complexity index is 648. The van der Waals surface area contributed by atoms with E-state index in [1.54, 1.807) is 28.9 Å². The molecule has 92 valence electrons. The minimum Gasteiger partial charge on any atom is -0.399 e. The zero-order valence-corrected chi connectivity index (χ0v) is 9.46. The van der Waals surface area contributed by atoms with Gasteiger partial charge < -0.3 is 5.73 Å². The average molecular weight is 245 g/mol. The smallest absolute Gasteiger partial charge is 0.329 e. The molecule has 1 aliphatic heterocycles. The van der Waals surface area contributed by atoms with Gasteiger partial charge in [0.25, 0.3) is 0 Å². The first kappa shape index (κ1) is 10.6. The lowest BCUT2D eigenvalue weighted by Gasteiger charge is -2.23. The number of nitrogens with zero attached hydrogens (tertiary/aromatic N) is 3. The summed E-state index contributed by atoms with van der Waals surface area (Å²) >= 11 is 0. The Hall–Kier alpha value is -2.57. The zero-order chi connectivity index (χ0) is 12.7. The van der Waals surface area contributed by atoms with Gasteiger partial charge in [-0.05, 0) is 12.1 Å². The third kappa shape index (κ3) is 1.65. The van der Waals surface area contributed by atoms with Gasteiger partial charge in [-0.2, -0.15) is 0 Å². The quantitative estimate of drug-likeness (QED) is 0.758. The summed E-state index contributed by atoms with van der Waals surface area (Å²) in [5.41, 5.74) is 7.11. The highest BCUT2D eigenvalue weighted by Crippen LogP contribution is 2.19. The highest BCUT2D eigenvalue weighted by atomic mass is 16.2. The van der Waals surface area contributed by atoms with Crippen LogP contribution in [0, 0.1) is 0 Å². The number of rotatable bonds is 1. The van der Waals surface area contributed by atoms with Crippen LogP contribution in [0.2, 0.25) is 0 Å². The van der Waals surface area contributed by atoms with Gasteiger partial charge in [0.2, 0.25) is 5.91 Å². The van der Waals surface area contributed by atoms with Gasteiger partial charge >= 0.3 is 6.03 Å². The number of fused-ring (bicyclic) bond motifs is 1. The molecule has 3 rings (SSSR count). The van der Waals surface area contributed by atoms with E-state index in [1.165, 1.54) is 4.90 Å². The van der Waals surface area contributed by atoms with Crippen LogP contribution in [0.4, 0.5) is 16.3 Å². The molecule has 0 saturated carbocycles. The molecule has 0 unspecified atom stereocenters. The number of carbonyl (C=O) groups is 2. The second-order valence-corrected chi connectivity index (χ2v) is 4.09. The van der Waals surface area contributed by atoms with Crippen molar-refractivity contribution in [1.82, 2.24) is 14.9 Å². The van der Waals surface area contributed by atoms with Gasteiger partial charge in [-0.25, -0.2) is 9.31 Å². The Kier molecular flexibility index (Phi) is 2.19. The topological polar surface area (TPSA) is 92.7 Å². The van der Waals surface area contributed by atoms with Crippen molar-refractivity contribution < 1.29 is 9.59 Å². The molecule has 1 fully saturated rings. The summed E-state index contributed by atoms with van der Waals surface area (Å²) in [5, 5.41) is 6.53. The van der Waals surface area contributed by atoms with Gasteiger partial charge in [-0.3, -0.25) is 15.0 Å². The van der Waals surface area contributed by atoms with Crippen molar-refractivity contribution in [2.24, 2.45) is 0 Å². The first-order valence-corrected chi connectivity index (χ1v) is 5.50. The van der Waals surface area contributed by atoms with Crippen LogP contribution >= 0.6 is 0 Å². The van der Waals surface area contributed by atoms with Gasteiger partial charge in [0, 0.05) is 30.9 Å². The van der Waals surface area contributed by atoms with Crippen LogP contribution in [0.25, 0.3) is 5.52 Å². The summed E-state index contributed by atoms with van der Waals surface area (Å²) in [4.78, 5) is 24.2. The minimum absolute atomic E-state index is 0.260. The molecule has 0 aromatic carbocycles. The number of urea groups is 1. The van der Waals surface area contributed by atoms with E-state index < -0.39 is 6.03 Å². The molecule has 3 heterocycles. The van der Waals surface area contributed by atoms with E-state index in [4.69, 9.17) is 5.73 Å². The average Bonchev–Trinajstić information content (AvgIpc) is 2.71. The Morgan fingerprint density at radius 1 is 1.33 bits per heavy atom. The van der Waals surface area contributed by atoms with Crippen molar-refractivity contribution in [3.8, 4) is 0 Å². The monoisotopic (exact) mass is 245 g/mol. The number of imide groups is 1. The molecule has 0 bridgehead atoms. The molecule has 0 aliphatic carbocycles. The van der Waals surface area contributed by atoms with Crippen LogP contribution < -0.4 is 16.0 Å². The molecule has 0 radical (unpaired) electrons. The predicted molar refractivity (Wildman–Crippen MR) is 65.1 cm³/mol. The van der Waals surface area contributed by atoms with E-state index in [-0.39, 0.29) is 12.3 Å². The zero-order valence-electron chi connectivity index (χ0n) is 9.46. The Balaban J connectivity index is 1.99. The Morgan fingerprint density at radius 3 is 2.94 bits per heavy atom. The molecule has 7 heteroatoms. The number of hydrogen-bond acceptors (Lipinski definition) is 4. The Morgan fingerprint density at radius 2 is 2.17 bits per heavy atom. The molecule has 18 heavy (non-hydrogen) atoms. The Labute approximate surface area is 102 Å². The second-order valence-electron chi connectivity index (χ2n) is 4.09. The SMILES string of the molecule is Nc1ccn2nc(N3CCC(=O)NC3=O)cc2c1. The lowest BCUT2D eigenvalue weighted by atomic mass is 10.3. The number of aromatic nitrogens is 2. The molecule has 2 aromatic heterocycles. The van der Waals surface area contributed by atoms with Crippen LogP contribution in [0.1, 0.15) is 6.42 Å². The number of hydrogen-bond donors (Lipinski definition) is 2. The lowest BCUT2D eigenvalue weighted by molar-refractivity contribution is -0.120. The molecule has 3 amide bonds. The third-order valence-electron chi connectivity index (χ3n) is 2.80. The van der Waals surface area contributed by atoms with Crippen LogP contribution in [0.15, 0.2) is 24.4 Å². The fourth-order valence-electron chi connectivity index (χ4n) is 1.91. The summed E-state index contributed by atoms with van der Waals surface area (Å²) in [6.07, 6.45) is 2.00. The maximum absolute atomic E-state index is 11.7. The molecule has 2 aromatic rings. The summed E-state index contributed by atoms with van der Waals surface area (Å²) in [7, 11) is 0. The fraction of sp³-hybridized carbons (Fsp3) is 0.182. The van der Waals surface area contributed by atoms with E-state index in [1.807, 2.05) is 0 Å². The van der Waals surface area contributed by atoms with E-state index in [2.05, 4.69) is 10.4 Å². The van der Waals surface area contributed by atoms with E-state index in [9.17, 15) is 9.59 Å². The normalized spacial score (nSPS) is 16.1. The van der Waals surface area contributed by atoms with Crippen LogP contribution in [-0.2, 0) is 4.79 Å². The molecular formula is C11H11N5O2. The number of nitrogens with one attached hydrogen (secondary N) is 1. The second kappa shape index (κ2) is 3.73. The highest BCUT2D eigenvalue weighted by Gasteiger charge is 2.25. The van der Waals surface area contributed by atoms with Crippen molar-refractivity contribution in [3.05, 3.63) is 24.4 Å². The van der Waals surface area contributed by atoms with Crippen LogP contribution in [0.3, 0.4) is 0 Å². The van der Waals surface area contributed by atoms with Gasteiger partial charge in [-0.15, -0.1) is 5.10 Å². The molecule has 1 saturated heterocycles. The number of pyridine rings is 1. The van der Waals surface area contributed by atoms with Crippen molar-refractivity contribution in [2.75, 3.05) is 17.2 Å². The molecular weight excluding hydrogens is 234 g/mol. The predicted octanol–water partition coefficient (Wildman–Crippen LogP) is 0.363. The summed E-state index contributed by atoms with van der Waals surface area (Å²) in [5.74, 6) is 0.245. The van der Waals surface area contributed by atoms with E-state index >= 15 is 0 Å². The number of amides is 3. The van der Waals surface area contributed by atoms with Crippen molar-refractivity contribution in [1.29, 1.82) is 0 Å². The van der Waals surface area contributed by atoms with Gasteiger partial charge in [0.05, 0.1) is 5.52 Å². The summed E-state index contributed by atoms with van der Waals surface area (Å²) in [6.45, 7) is 0.337. The first-order chi connectivity index (χ1) is 8.63. The molecule has 1 aliphatic rings. The standard InChI is InChI=1S/C11H11N5O2/c12-7-1-4-16-8(5-7)6-9(14-16)15-3-2-10(17)13-11(15)18/h1,4-6H,2-3,12H2,(H,13,17,18). The summed E-state index contributed by atoms with van der Waals surface area (Å²) < 4.78 is 1.63. The molecule has 3 N–H and O–H groups in total. The third-order valence-corrected chi connectivity index (χ3v) is 2.80. The van der Waals surface area contributed by atoms with Crippen molar-refractivity contribution in [2.45, 2.75) is 6.42 Å². The van der Waals surface area contributed by atoms with E-state index in [0.29, 0.717) is 18.1 Å². The van der Waals surface area contributed by atoms with Crippen molar-refractivity contribution in [3.63, 3.8) is 0 Å². The maximum Gasteiger partial charge on any atom is 0.329 e. The maximum atomic E-state index is 11.7. The van der Waals surface area contributed by atoms with Crippen LogP contribution in [0.5, 0.6) is 0 Å². The number of nitrogens with two attached hydrogens (primary N) is 1. The van der Waals surface area contributed by atoms with Gasteiger partial charge in [0.1, 0.15) is 0 Å². The minimum atomic E-state index is -0.442. The van der Waals surface area contributed by atoms with E-state index in [0.717, 1.165) is 5.52 Å².